The normalized spacial score (nSPS) is 12.5. The molecule has 0 aliphatic rings. The summed E-state index contributed by atoms with van der Waals surface area (Å²) in [7, 11) is 1.84. The van der Waals surface area contributed by atoms with E-state index in [1.165, 1.54) is 10.4 Å². The van der Waals surface area contributed by atoms with Crippen LogP contribution in [0.25, 0.3) is 0 Å². The van der Waals surface area contributed by atoms with E-state index in [1.807, 2.05) is 30.3 Å². The first-order valence-electron chi connectivity index (χ1n) is 5.25. The lowest BCUT2D eigenvalue weighted by molar-refractivity contribution is -0.124. The van der Waals surface area contributed by atoms with Crippen molar-refractivity contribution in [3.05, 3.63) is 21.9 Å². The van der Waals surface area contributed by atoms with Gasteiger partial charge in [-0.3, -0.25) is 15.0 Å². The molecule has 1 aromatic heterocycles. The molecule has 17 heavy (non-hydrogen) atoms. The zero-order chi connectivity index (χ0) is 13.0. The van der Waals surface area contributed by atoms with Gasteiger partial charge in [-0.25, -0.2) is 4.79 Å². The maximum absolute atomic E-state index is 11.6. The molecular weight excluding hydrogens is 238 g/mol. The van der Waals surface area contributed by atoms with Crippen molar-refractivity contribution in [3.8, 4) is 0 Å². The predicted octanol–water partition coefficient (Wildman–Crippen LogP) is 1.07. The molecule has 1 heterocycles. The van der Waals surface area contributed by atoms with Gasteiger partial charge < -0.3 is 5.73 Å². The molecule has 0 spiro atoms. The number of carbonyl (C=O) groups is 2. The molecule has 0 aliphatic heterocycles. The number of carbonyl (C=O) groups excluding carboxylic acids is 2. The highest BCUT2D eigenvalue weighted by molar-refractivity contribution is 7.10. The summed E-state index contributed by atoms with van der Waals surface area (Å²) in [6, 6.07) is 0.827. The first-order valence-corrected chi connectivity index (χ1v) is 6.13. The molecule has 0 fully saturated rings. The largest absolute Gasteiger partial charge is 0.351 e. The highest BCUT2D eigenvalue weighted by atomic mass is 32.1. The van der Waals surface area contributed by atoms with Crippen molar-refractivity contribution in [1.29, 1.82) is 0 Å². The summed E-state index contributed by atoms with van der Waals surface area (Å²) in [6.45, 7) is 4.45. The van der Waals surface area contributed by atoms with Gasteiger partial charge in [0.2, 0.25) is 5.91 Å². The van der Waals surface area contributed by atoms with Crippen LogP contribution in [0.15, 0.2) is 11.4 Å². The van der Waals surface area contributed by atoms with Gasteiger partial charge in [-0.05, 0) is 37.9 Å². The molecule has 94 valence electrons. The van der Waals surface area contributed by atoms with Gasteiger partial charge in [-0.1, -0.05) is 0 Å². The van der Waals surface area contributed by atoms with Crippen LogP contribution in [0.2, 0.25) is 0 Å². The third-order valence-corrected chi connectivity index (χ3v) is 3.66. The number of primary amides is 1. The lowest BCUT2D eigenvalue weighted by atomic mass is 10.2. The number of imide groups is 1. The predicted molar refractivity (Wildman–Crippen MR) is 67.7 cm³/mol. The molecule has 3 N–H and O–H groups in total. The van der Waals surface area contributed by atoms with E-state index in [0.29, 0.717) is 6.54 Å². The lowest BCUT2D eigenvalue weighted by Gasteiger charge is -2.22. The van der Waals surface area contributed by atoms with E-state index in [0.717, 1.165) is 0 Å². The van der Waals surface area contributed by atoms with Crippen LogP contribution >= 0.6 is 11.3 Å². The van der Waals surface area contributed by atoms with Crippen LogP contribution in [-0.2, 0) is 11.3 Å². The van der Waals surface area contributed by atoms with Crippen LogP contribution < -0.4 is 11.1 Å². The molecule has 0 radical (unpaired) electrons. The van der Waals surface area contributed by atoms with Gasteiger partial charge in [0.25, 0.3) is 0 Å². The van der Waals surface area contributed by atoms with Crippen LogP contribution in [0, 0.1) is 6.92 Å². The van der Waals surface area contributed by atoms with Crippen LogP contribution in [-0.4, -0.2) is 29.9 Å². The van der Waals surface area contributed by atoms with E-state index in [1.54, 1.807) is 18.3 Å². The van der Waals surface area contributed by atoms with E-state index in [2.05, 4.69) is 5.32 Å². The second-order valence-corrected chi connectivity index (χ2v) is 4.97. The van der Waals surface area contributed by atoms with Crippen molar-refractivity contribution in [2.24, 2.45) is 5.73 Å². The number of likely N-dealkylation sites (N-methyl/N-ethyl adjacent to an activating group) is 1. The number of rotatable bonds is 4. The number of amides is 3. The lowest BCUT2D eigenvalue weighted by Crippen LogP contribution is -2.46. The standard InChI is InChI=1S/C11H17N3O2S/c1-7-4-5-17-9(7)6-14(3)8(2)10(15)13-11(12)16/h4-5,8H,6H2,1-3H3,(H3,12,13,15,16)/t8-/m0/s1. The molecule has 1 atom stereocenters. The monoisotopic (exact) mass is 255 g/mol. The number of nitrogens with one attached hydrogen (secondary N) is 1. The molecule has 0 unspecified atom stereocenters. The Morgan fingerprint density at radius 1 is 1.59 bits per heavy atom. The second-order valence-electron chi connectivity index (χ2n) is 3.97. The van der Waals surface area contributed by atoms with Crippen molar-refractivity contribution < 1.29 is 9.59 Å². The maximum Gasteiger partial charge on any atom is 0.318 e. The summed E-state index contributed by atoms with van der Waals surface area (Å²) in [5.74, 6) is -0.380. The van der Waals surface area contributed by atoms with Crippen molar-refractivity contribution in [1.82, 2.24) is 10.2 Å². The molecule has 5 nitrogen and oxygen atoms in total. The smallest absolute Gasteiger partial charge is 0.318 e. The highest BCUT2D eigenvalue weighted by Crippen LogP contribution is 2.18. The molecule has 0 aliphatic carbocycles. The Labute approximate surface area is 105 Å². The molecule has 0 saturated carbocycles. The number of aryl methyl sites for hydroxylation is 1. The minimum atomic E-state index is -0.817. The number of hydrogen-bond acceptors (Lipinski definition) is 4. The van der Waals surface area contributed by atoms with Crippen molar-refractivity contribution in [2.75, 3.05) is 7.05 Å². The molecule has 6 heteroatoms. The molecule has 1 rings (SSSR count). The van der Waals surface area contributed by atoms with Gasteiger partial charge in [0.05, 0.1) is 6.04 Å². The molecule has 1 aromatic rings. The number of urea groups is 1. The molecule has 0 bridgehead atoms. The number of nitrogens with zero attached hydrogens (tertiary/aromatic N) is 1. The first kappa shape index (κ1) is 13.7. The third kappa shape index (κ3) is 3.83. The Kier molecular flexibility index (Phi) is 4.65. The Balaban J connectivity index is 2.58. The van der Waals surface area contributed by atoms with E-state index in [4.69, 9.17) is 5.73 Å². The molecule has 0 aromatic carbocycles. The summed E-state index contributed by atoms with van der Waals surface area (Å²) < 4.78 is 0. The average Bonchev–Trinajstić information content (AvgIpc) is 2.62. The Bertz CT molecular complexity index is 417. The van der Waals surface area contributed by atoms with Crippen molar-refractivity contribution in [3.63, 3.8) is 0 Å². The Morgan fingerprint density at radius 2 is 2.24 bits per heavy atom. The van der Waals surface area contributed by atoms with Crippen LogP contribution in [0.3, 0.4) is 0 Å². The topological polar surface area (TPSA) is 75.4 Å². The first-order chi connectivity index (χ1) is 7.91. The number of hydrogen-bond donors (Lipinski definition) is 2. The minimum Gasteiger partial charge on any atom is -0.351 e. The number of thiophene rings is 1. The number of nitrogens with two attached hydrogens (primary N) is 1. The average molecular weight is 255 g/mol. The summed E-state index contributed by atoms with van der Waals surface area (Å²) >= 11 is 1.66. The summed E-state index contributed by atoms with van der Waals surface area (Å²) in [6.07, 6.45) is 0. The molecular formula is C11H17N3O2S. The van der Waals surface area contributed by atoms with E-state index < -0.39 is 12.1 Å². The second kappa shape index (κ2) is 5.79. The fourth-order valence-corrected chi connectivity index (χ4v) is 2.32. The zero-order valence-corrected chi connectivity index (χ0v) is 11.0. The fraction of sp³-hybridized carbons (Fsp3) is 0.455. The van der Waals surface area contributed by atoms with Crippen LogP contribution in [0.5, 0.6) is 0 Å². The minimum absolute atomic E-state index is 0.380. The van der Waals surface area contributed by atoms with Gasteiger partial charge in [0.1, 0.15) is 0 Å². The quantitative estimate of drug-likeness (QED) is 0.845. The molecule has 0 saturated heterocycles. The Hall–Kier alpha value is -1.40. The van der Waals surface area contributed by atoms with Gasteiger partial charge >= 0.3 is 6.03 Å². The third-order valence-electron chi connectivity index (χ3n) is 2.65. The maximum atomic E-state index is 11.6. The van der Waals surface area contributed by atoms with Crippen molar-refractivity contribution in [2.45, 2.75) is 26.4 Å². The summed E-state index contributed by atoms with van der Waals surface area (Å²) in [5, 5.41) is 4.10. The van der Waals surface area contributed by atoms with Gasteiger partial charge in [-0.15, -0.1) is 11.3 Å². The van der Waals surface area contributed by atoms with Crippen molar-refractivity contribution >= 4 is 23.3 Å². The SMILES string of the molecule is Cc1ccsc1CN(C)[C@@H](C)C(=O)NC(N)=O. The fourth-order valence-electron chi connectivity index (χ4n) is 1.36. The molecule has 3 amide bonds. The van der Waals surface area contributed by atoms with E-state index in [-0.39, 0.29) is 5.91 Å². The Morgan fingerprint density at radius 3 is 2.71 bits per heavy atom. The van der Waals surface area contributed by atoms with Crippen LogP contribution in [0.1, 0.15) is 17.4 Å². The zero-order valence-electron chi connectivity index (χ0n) is 10.2. The highest BCUT2D eigenvalue weighted by Gasteiger charge is 2.19. The van der Waals surface area contributed by atoms with Gasteiger partial charge in [0, 0.05) is 11.4 Å². The van der Waals surface area contributed by atoms with Gasteiger partial charge in [0.15, 0.2) is 0 Å². The van der Waals surface area contributed by atoms with E-state index >= 15 is 0 Å². The summed E-state index contributed by atoms with van der Waals surface area (Å²) in [5.41, 5.74) is 6.12. The van der Waals surface area contributed by atoms with Gasteiger partial charge in [-0.2, -0.15) is 0 Å². The van der Waals surface area contributed by atoms with E-state index in [9.17, 15) is 9.59 Å². The van der Waals surface area contributed by atoms with Crippen LogP contribution in [0.4, 0.5) is 4.79 Å². The summed E-state index contributed by atoms with van der Waals surface area (Å²) in [4.78, 5) is 25.2.